The molecule has 230 valence electrons. The minimum atomic E-state index is -1.04. The fourth-order valence-electron chi connectivity index (χ4n) is 5.23. The molecular formula is C31H36Cl2N4O6. The van der Waals surface area contributed by atoms with E-state index in [1.807, 2.05) is 30.5 Å². The second kappa shape index (κ2) is 15.2. The van der Waals surface area contributed by atoms with Gasteiger partial charge in [-0.15, -0.1) is 0 Å². The molecule has 0 saturated carbocycles. The van der Waals surface area contributed by atoms with Crippen LogP contribution in [0.15, 0.2) is 48.7 Å². The maximum atomic E-state index is 13.7. The maximum Gasteiger partial charge on any atom is 0.325 e. The first kappa shape index (κ1) is 32.3. The number of carbonyl (C=O) groups excluding carboxylic acids is 4. The summed E-state index contributed by atoms with van der Waals surface area (Å²) in [4.78, 5) is 60.7. The Kier molecular flexibility index (Phi) is 11.4. The van der Waals surface area contributed by atoms with Crippen LogP contribution < -0.4 is 0 Å². The molecule has 1 aromatic heterocycles. The number of nitrogens with zero attached hydrogens (tertiary/aromatic N) is 3. The highest BCUT2D eigenvalue weighted by Gasteiger charge is 2.41. The standard InChI is InChI=1S/C31H36Cl2N4O6/c1-3-43-30(40)20-35(12-11-22-18-34-26-7-5-4-6-24(22)26)28(38)17-27-31(41)36(19-29(39)37(27)14-15-42-2)13-10-21-8-9-23(32)16-25(21)33/h4-9,16,18,27,34H,3,10-15,17,19-20H2,1-2H3. The molecule has 1 fully saturated rings. The van der Waals surface area contributed by atoms with Gasteiger partial charge in [0, 0.05) is 53.9 Å². The fraction of sp³-hybridized carbons (Fsp3) is 0.419. The van der Waals surface area contributed by atoms with Gasteiger partial charge in [0.15, 0.2) is 0 Å². The van der Waals surface area contributed by atoms with Gasteiger partial charge in [-0.1, -0.05) is 47.5 Å². The summed E-state index contributed by atoms with van der Waals surface area (Å²) in [5.74, 6) is -1.60. The van der Waals surface area contributed by atoms with Crippen LogP contribution in [0.2, 0.25) is 10.0 Å². The summed E-state index contributed by atoms with van der Waals surface area (Å²) in [7, 11) is 1.50. The van der Waals surface area contributed by atoms with Crippen molar-refractivity contribution in [2.24, 2.45) is 0 Å². The molecule has 0 bridgehead atoms. The molecule has 1 saturated heterocycles. The van der Waals surface area contributed by atoms with E-state index in [-0.39, 0.29) is 64.2 Å². The zero-order valence-corrected chi connectivity index (χ0v) is 25.8. The molecule has 12 heteroatoms. The highest BCUT2D eigenvalue weighted by atomic mass is 35.5. The van der Waals surface area contributed by atoms with Crippen molar-refractivity contribution in [1.82, 2.24) is 19.7 Å². The molecule has 0 radical (unpaired) electrons. The second-order valence-electron chi connectivity index (χ2n) is 10.3. The number of hydrogen-bond donors (Lipinski definition) is 1. The zero-order valence-electron chi connectivity index (χ0n) is 24.3. The molecule has 1 aliphatic heterocycles. The predicted octanol–water partition coefficient (Wildman–Crippen LogP) is 3.73. The Labute approximate surface area is 260 Å². The summed E-state index contributed by atoms with van der Waals surface area (Å²) in [6.07, 6.45) is 2.50. The van der Waals surface area contributed by atoms with Crippen molar-refractivity contribution in [1.29, 1.82) is 0 Å². The summed E-state index contributed by atoms with van der Waals surface area (Å²) >= 11 is 12.3. The number of piperazine rings is 1. The molecule has 3 amide bonds. The van der Waals surface area contributed by atoms with Crippen molar-refractivity contribution >= 4 is 57.8 Å². The molecule has 2 aromatic carbocycles. The third kappa shape index (κ3) is 8.28. The van der Waals surface area contributed by atoms with Gasteiger partial charge in [0.1, 0.15) is 12.6 Å². The number of halogens is 2. The van der Waals surface area contributed by atoms with Gasteiger partial charge < -0.3 is 29.2 Å². The number of aromatic amines is 1. The number of H-pyrrole nitrogens is 1. The van der Waals surface area contributed by atoms with Gasteiger partial charge in [0.25, 0.3) is 0 Å². The van der Waals surface area contributed by atoms with Crippen molar-refractivity contribution < 1.29 is 28.7 Å². The maximum absolute atomic E-state index is 13.7. The van der Waals surface area contributed by atoms with Gasteiger partial charge in [0.2, 0.25) is 17.7 Å². The number of carbonyl (C=O) groups is 4. The monoisotopic (exact) mass is 630 g/mol. The van der Waals surface area contributed by atoms with Gasteiger partial charge in [-0.05, 0) is 49.1 Å². The summed E-state index contributed by atoms with van der Waals surface area (Å²) in [6.45, 7) is 2.32. The quantitative estimate of drug-likeness (QED) is 0.272. The minimum Gasteiger partial charge on any atom is -0.465 e. The number of hydrogen-bond acceptors (Lipinski definition) is 6. The molecule has 2 heterocycles. The van der Waals surface area contributed by atoms with Gasteiger partial charge >= 0.3 is 5.97 Å². The van der Waals surface area contributed by atoms with E-state index in [0.29, 0.717) is 22.9 Å². The SMILES string of the molecule is CCOC(=O)CN(CCc1c[nH]c2ccccc12)C(=O)CC1C(=O)N(CCc2ccc(Cl)cc2Cl)CC(=O)N1CCOC. The zero-order chi connectivity index (χ0) is 30.9. The highest BCUT2D eigenvalue weighted by molar-refractivity contribution is 6.35. The van der Waals surface area contributed by atoms with Crippen LogP contribution in [0.5, 0.6) is 0 Å². The average molecular weight is 632 g/mol. The lowest BCUT2D eigenvalue weighted by Gasteiger charge is -2.40. The van der Waals surface area contributed by atoms with Crippen LogP contribution in [0.1, 0.15) is 24.5 Å². The third-order valence-electron chi connectivity index (χ3n) is 7.49. The number of aromatic nitrogens is 1. The van der Waals surface area contributed by atoms with Crippen molar-refractivity contribution in [3.63, 3.8) is 0 Å². The number of rotatable bonds is 14. The summed E-state index contributed by atoms with van der Waals surface area (Å²) in [6, 6.07) is 11.9. The smallest absolute Gasteiger partial charge is 0.325 e. The molecule has 43 heavy (non-hydrogen) atoms. The van der Waals surface area contributed by atoms with Crippen LogP contribution in [-0.4, -0.2) is 102 Å². The fourth-order valence-corrected chi connectivity index (χ4v) is 5.73. The van der Waals surface area contributed by atoms with E-state index in [1.54, 1.807) is 25.1 Å². The summed E-state index contributed by atoms with van der Waals surface area (Å²) in [5, 5.41) is 2.00. The molecule has 0 aliphatic carbocycles. The lowest BCUT2D eigenvalue weighted by atomic mass is 10.0. The lowest BCUT2D eigenvalue weighted by molar-refractivity contribution is -0.159. The Morgan fingerprint density at radius 3 is 2.60 bits per heavy atom. The molecule has 1 aliphatic rings. The van der Waals surface area contributed by atoms with Gasteiger partial charge in [-0.3, -0.25) is 19.2 Å². The summed E-state index contributed by atoms with van der Waals surface area (Å²) in [5.41, 5.74) is 2.76. The molecular weight excluding hydrogens is 595 g/mol. The topological polar surface area (TPSA) is 112 Å². The Morgan fingerprint density at radius 2 is 1.86 bits per heavy atom. The number of fused-ring (bicyclic) bond motifs is 1. The molecule has 3 aromatic rings. The number of nitrogens with one attached hydrogen (secondary N) is 1. The molecule has 4 rings (SSSR count). The molecule has 1 unspecified atom stereocenters. The van der Waals surface area contributed by atoms with E-state index in [4.69, 9.17) is 32.7 Å². The Bertz CT molecular complexity index is 1460. The van der Waals surface area contributed by atoms with Crippen molar-refractivity contribution in [2.75, 3.05) is 53.0 Å². The number of methoxy groups -OCH3 is 1. The molecule has 1 atom stereocenters. The predicted molar refractivity (Wildman–Crippen MR) is 164 cm³/mol. The molecule has 10 nitrogen and oxygen atoms in total. The number of esters is 1. The number of para-hydroxylation sites is 1. The second-order valence-corrected chi connectivity index (χ2v) is 11.1. The highest BCUT2D eigenvalue weighted by Crippen LogP contribution is 2.24. The Morgan fingerprint density at radius 1 is 1.07 bits per heavy atom. The van der Waals surface area contributed by atoms with E-state index >= 15 is 0 Å². The van der Waals surface area contributed by atoms with Gasteiger partial charge in [-0.2, -0.15) is 0 Å². The number of ether oxygens (including phenoxy) is 2. The first-order valence-corrected chi connectivity index (χ1v) is 15.0. The molecule has 1 N–H and O–H groups in total. The van der Waals surface area contributed by atoms with Crippen LogP contribution in [-0.2, 0) is 41.5 Å². The van der Waals surface area contributed by atoms with Crippen LogP contribution in [0.25, 0.3) is 10.9 Å². The van der Waals surface area contributed by atoms with Crippen molar-refractivity contribution in [3.8, 4) is 0 Å². The largest absolute Gasteiger partial charge is 0.465 e. The van der Waals surface area contributed by atoms with E-state index < -0.39 is 17.9 Å². The first-order chi connectivity index (χ1) is 20.7. The number of benzene rings is 2. The lowest BCUT2D eigenvalue weighted by Crippen LogP contribution is -2.61. The van der Waals surface area contributed by atoms with Crippen LogP contribution >= 0.6 is 23.2 Å². The van der Waals surface area contributed by atoms with Crippen LogP contribution in [0.4, 0.5) is 0 Å². The van der Waals surface area contributed by atoms with Gasteiger partial charge in [-0.25, -0.2) is 0 Å². The van der Waals surface area contributed by atoms with Crippen molar-refractivity contribution in [2.45, 2.75) is 32.2 Å². The first-order valence-electron chi connectivity index (χ1n) is 14.2. The van der Waals surface area contributed by atoms with Crippen LogP contribution in [0, 0.1) is 0 Å². The third-order valence-corrected chi connectivity index (χ3v) is 8.08. The van der Waals surface area contributed by atoms with E-state index in [9.17, 15) is 19.2 Å². The Balaban J connectivity index is 1.51. The van der Waals surface area contributed by atoms with Crippen molar-refractivity contribution in [3.05, 3.63) is 69.8 Å². The van der Waals surface area contributed by atoms with Crippen LogP contribution in [0.3, 0.4) is 0 Å². The van der Waals surface area contributed by atoms with E-state index in [0.717, 1.165) is 22.0 Å². The normalized spacial score (nSPS) is 15.3. The molecule has 0 spiro atoms. The van der Waals surface area contributed by atoms with E-state index in [1.165, 1.54) is 21.8 Å². The Hall–Kier alpha value is -3.60. The van der Waals surface area contributed by atoms with E-state index in [2.05, 4.69) is 4.98 Å². The summed E-state index contributed by atoms with van der Waals surface area (Å²) < 4.78 is 10.3. The van der Waals surface area contributed by atoms with Gasteiger partial charge in [0.05, 0.1) is 26.2 Å². The average Bonchev–Trinajstić information content (AvgIpc) is 3.39. The minimum absolute atomic E-state index is 0.119. The number of amides is 3.